The number of carbonyl (C=O) groups is 1. The predicted octanol–water partition coefficient (Wildman–Crippen LogP) is 1.43. The molecule has 20 heavy (non-hydrogen) atoms. The molecule has 2 rings (SSSR count). The van der Waals surface area contributed by atoms with Crippen LogP contribution in [0.25, 0.3) is 0 Å². The van der Waals surface area contributed by atoms with Crippen molar-refractivity contribution in [2.45, 2.75) is 12.5 Å². The number of halogens is 1. The van der Waals surface area contributed by atoms with E-state index in [2.05, 4.69) is 0 Å². The highest BCUT2D eigenvalue weighted by atomic mass is 35.5. The first-order valence-corrected chi connectivity index (χ1v) is 7.81. The van der Waals surface area contributed by atoms with Crippen LogP contribution in [0.4, 0.5) is 0 Å². The number of nitrogens with one attached hydrogen (secondary N) is 1. The lowest BCUT2D eigenvalue weighted by molar-refractivity contribution is -0.131. The first-order chi connectivity index (χ1) is 9.13. The van der Waals surface area contributed by atoms with Crippen molar-refractivity contribution in [3.8, 4) is 0 Å². The van der Waals surface area contributed by atoms with Gasteiger partial charge in [0.2, 0.25) is 21.7 Å². The summed E-state index contributed by atoms with van der Waals surface area (Å²) in [6, 6.07) is 6.35. The van der Waals surface area contributed by atoms with Gasteiger partial charge >= 0.3 is 0 Å². The van der Waals surface area contributed by atoms with E-state index in [1.807, 2.05) is 4.72 Å². The fourth-order valence-electron chi connectivity index (χ4n) is 1.84. The smallest absolute Gasteiger partial charge is 0.250 e. The first kappa shape index (κ1) is 14.7. The fraction of sp³-hybridized carbons (Fsp3) is 0.250. The molecule has 0 amide bonds. The quantitative estimate of drug-likeness (QED) is 0.879. The molecule has 0 spiro atoms. The molecular weight excluding hydrogens is 306 g/mol. The molecule has 1 unspecified atom stereocenters. The molecule has 108 valence electrons. The molecule has 0 saturated carbocycles. The number of sulfonamides is 1. The van der Waals surface area contributed by atoms with E-state index < -0.39 is 33.0 Å². The molecule has 1 heterocycles. The van der Waals surface area contributed by atoms with Crippen LogP contribution in [0.2, 0.25) is 5.02 Å². The number of Topliss-reactive ketones (excluding diaryl/α,β-unsaturated/α-hetero) is 1. The molecule has 1 aromatic rings. The summed E-state index contributed by atoms with van der Waals surface area (Å²) in [5.41, 5.74) is -1.12. The van der Waals surface area contributed by atoms with Gasteiger partial charge in [-0.15, -0.1) is 0 Å². The molecule has 1 atom stereocenters. The van der Waals surface area contributed by atoms with Crippen LogP contribution in [0.5, 0.6) is 0 Å². The molecule has 0 aliphatic carbocycles. The van der Waals surface area contributed by atoms with E-state index in [1.54, 1.807) is 18.2 Å². The van der Waals surface area contributed by atoms with Gasteiger partial charge in [-0.25, -0.2) is 8.42 Å². The molecular formula is C12H12ClNO5S. The zero-order valence-corrected chi connectivity index (χ0v) is 12.2. The van der Waals surface area contributed by atoms with Crippen LogP contribution >= 0.6 is 11.6 Å². The molecule has 0 radical (unpaired) electrons. The standard InChI is InChI=1S/C12H12ClNO5S/c1-12(7-4-3-5-8(13)6-7)10(16)9(15)11(19-12)14-20(2,17)18/h3-6,14-15H,1-2H3. The summed E-state index contributed by atoms with van der Waals surface area (Å²) in [7, 11) is -3.68. The van der Waals surface area contributed by atoms with Crippen LogP contribution in [-0.4, -0.2) is 25.6 Å². The molecule has 2 N–H and O–H groups in total. The lowest BCUT2D eigenvalue weighted by Gasteiger charge is -2.23. The Morgan fingerprint density at radius 3 is 2.60 bits per heavy atom. The summed E-state index contributed by atoms with van der Waals surface area (Å²) in [6.07, 6.45) is 0.885. The second-order valence-corrected chi connectivity index (χ2v) is 6.71. The molecule has 0 bridgehead atoms. The van der Waals surface area contributed by atoms with Crippen LogP contribution in [0, 0.1) is 0 Å². The van der Waals surface area contributed by atoms with E-state index in [0.29, 0.717) is 10.6 Å². The van der Waals surface area contributed by atoms with Crippen molar-refractivity contribution < 1.29 is 23.1 Å². The number of rotatable bonds is 3. The van der Waals surface area contributed by atoms with Gasteiger partial charge in [0.15, 0.2) is 5.60 Å². The minimum Gasteiger partial charge on any atom is -0.501 e. The van der Waals surface area contributed by atoms with E-state index in [1.165, 1.54) is 13.0 Å². The Balaban J connectivity index is 2.41. The van der Waals surface area contributed by atoms with Gasteiger partial charge in [-0.05, 0) is 19.1 Å². The Labute approximate surface area is 121 Å². The van der Waals surface area contributed by atoms with Gasteiger partial charge in [0.25, 0.3) is 5.78 Å². The summed E-state index contributed by atoms with van der Waals surface area (Å²) in [5, 5.41) is 10.1. The maximum atomic E-state index is 12.1. The molecule has 0 aromatic heterocycles. The van der Waals surface area contributed by atoms with Crippen molar-refractivity contribution in [2.75, 3.05) is 6.26 Å². The average Bonchev–Trinajstić information content (AvgIpc) is 2.53. The lowest BCUT2D eigenvalue weighted by atomic mass is 9.92. The zero-order chi connectivity index (χ0) is 15.1. The molecule has 1 aliphatic rings. The SMILES string of the molecule is CC1(c2cccc(Cl)c2)OC(NS(C)(=O)=O)=C(O)C1=O. The van der Waals surface area contributed by atoms with Crippen molar-refractivity contribution in [3.63, 3.8) is 0 Å². The number of carbonyl (C=O) groups excluding carboxylic acids is 1. The highest BCUT2D eigenvalue weighted by molar-refractivity contribution is 7.88. The summed E-state index contributed by atoms with van der Waals surface area (Å²) in [5.74, 6) is -2.00. The third-order valence-corrected chi connectivity index (χ3v) is 3.61. The van der Waals surface area contributed by atoms with Crippen molar-refractivity contribution in [1.29, 1.82) is 0 Å². The average molecular weight is 318 g/mol. The normalized spacial score (nSPS) is 22.9. The Kier molecular flexibility index (Phi) is 3.43. The van der Waals surface area contributed by atoms with Crippen molar-refractivity contribution in [2.24, 2.45) is 0 Å². The van der Waals surface area contributed by atoms with E-state index in [4.69, 9.17) is 16.3 Å². The number of aliphatic hydroxyl groups excluding tert-OH is 1. The fourth-order valence-corrected chi connectivity index (χ4v) is 2.51. The largest absolute Gasteiger partial charge is 0.501 e. The van der Waals surface area contributed by atoms with Gasteiger partial charge in [-0.1, -0.05) is 23.7 Å². The van der Waals surface area contributed by atoms with Crippen LogP contribution in [0.1, 0.15) is 12.5 Å². The molecule has 8 heteroatoms. The third kappa shape index (κ3) is 2.59. The van der Waals surface area contributed by atoms with Crippen LogP contribution in [0.3, 0.4) is 0 Å². The highest BCUT2D eigenvalue weighted by Gasteiger charge is 2.48. The topological polar surface area (TPSA) is 92.7 Å². The molecule has 1 aromatic carbocycles. The number of hydrogen-bond donors (Lipinski definition) is 2. The Morgan fingerprint density at radius 2 is 2.05 bits per heavy atom. The molecule has 0 saturated heterocycles. The van der Waals surface area contributed by atoms with Gasteiger partial charge in [-0.2, -0.15) is 0 Å². The van der Waals surface area contributed by atoms with Crippen LogP contribution < -0.4 is 4.72 Å². The number of ether oxygens (including phenoxy) is 1. The Bertz CT molecular complexity index is 712. The summed E-state index contributed by atoms with van der Waals surface area (Å²) in [4.78, 5) is 12.1. The predicted molar refractivity (Wildman–Crippen MR) is 72.5 cm³/mol. The van der Waals surface area contributed by atoms with Gasteiger partial charge in [0, 0.05) is 10.6 Å². The maximum Gasteiger partial charge on any atom is 0.250 e. The highest BCUT2D eigenvalue weighted by Crippen LogP contribution is 2.37. The van der Waals surface area contributed by atoms with Crippen molar-refractivity contribution >= 4 is 27.4 Å². The Hall–Kier alpha value is -1.73. The lowest BCUT2D eigenvalue weighted by Crippen LogP contribution is -2.32. The monoisotopic (exact) mass is 317 g/mol. The van der Waals surface area contributed by atoms with Crippen molar-refractivity contribution in [3.05, 3.63) is 46.5 Å². The van der Waals surface area contributed by atoms with Gasteiger partial charge in [0.1, 0.15) is 0 Å². The molecule has 6 nitrogen and oxygen atoms in total. The first-order valence-electron chi connectivity index (χ1n) is 5.54. The van der Waals surface area contributed by atoms with Gasteiger partial charge in [0.05, 0.1) is 6.26 Å². The van der Waals surface area contributed by atoms with E-state index in [-0.39, 0.29) is 0 Å². The third-order valence-electron chi connectivity index (χ3n) is 2.82. The minimum atomic E-state index is -3.68. The Morgan fingerprint density at radius 1 is 1.40 bits per heavy atom. The van der Waals surface area contributed by atoms with E-state index in [9.17, 15) is 18.3 Å². The maximum absolute atomic E-state index is 12.1. The number of aliphatic hydroxyl groups is 1. The number of ketones is 1. The van der Waals surface area contributed by atoms with E-state index in [0.717, 1.165) is 6.26 Å². The van der Waals surface area contributed by atoms with Gasteiger partial charge < -0.3 is 9.84 Å². The number of benzene rings is 1. The number of hydrogen-bond acceptors (Lipinski definition) is 5. The van der Waals surface area contributed by atoms with Crippen LogP contribution in [-0.2, 0) is 25.2 Å². The second kappa shape index (κ2) is 4.68. The van der Waals surface area contributed by atoms with E-state index >= 15 is 0 Å². The van der Waals surface area contributed by atoms with Crippen LogP contribution in [0.15, 0.2) is 35.9 Å². The summed E-state index contributed by atoms with van der Waals surface area (Å²) < 4.78 is 29.6. The summed E-state index contributed by atoms with van der Waals surface area (Å²) in [6.45, 7) is 1.42. The molecule has 0 fully saturated rings. The summed E-state index contributed by atoms with van der Waals surface area (Å²) >= 11 is 5.86. The van der Waals surface area contributed by atoms with Crippen molar-refractivity contribution in [1.82, 2.24) is 4.72 Å². The van der Waals surface area contributed by atoms with Gasteiger partial charge in [-0.3, -0.25) is 9.52 Å². The zero-order valence-electron chi connectivity index (χ0n) is 10.7. The molecule has 1 aliphatic heterocycles. The minimum absolute atomic E-state index is 0.393. The second-order valence-electron chi connectivity index (χ2n) is 4.53.